The van der Waals surface area contributed by atoms with E-state index in [9.17, 15) is 18.0 Å². The van der Waals surface area contributed by atoms with Gasteiger partial charge in [0, 0.05) is 24.8 Å². The number of rotatable bonds is 8. The van der Waals surface area contributed by atoms with Crippen LogP contribution in [0.4, 0.5) is 5.69 Å². The van der Waals surface area contributed by atoms with Gasteiger partial charge in [0.15, 0.2) is 5.76 Å². The van der Waals surface area contributed by atoms with E-state index in [4.69, 9.17) is 4.42 Å². The third-order valence-electron chi connectivity index (χ3n) is 6.92. The van der Waals surface area contributed by atoms with Crippen molar-refractivity contribution in [3.8, 4) is 0 Å². The number of nitrogens with one attached hydrogen (secondary N) is 2. The fourth-order valence-corrected chi connectivity index (χ4v) is 6.65. The highest BCUT2D eigenvalue weighted by molar-refractivity contribution is 7.89. The number of likely N-dealkylation sites (tertiary alicyclic amines) is 1. The molecule has 2 atom stereocenters. The molecule has 2 unspecified atom stereocenters. The van der Waals surface area contributed by atoms with Crippen molar-refractivity contribution in [2.45, 2.75) is 44.2 Å². The van der Waals surface area contributed by atoms with Crippen LogP contribution in [0.1, 0.15) is 43.0 Å². The van der Waals surface area contributed by atoms with Crippen LogP contribution >= 0.6 is 0 Å². The molecule has 194 valence electrons. The molecule has 4 rings (SSSR count). The van der Waals surface area contributed by atoms with Gasteiger partial charge in [0.2, 0.25) is 15.9 Å². The molecule has 0 bridgehead atoms. The molecule has 2 fully saturated rings. The Morgan fingerprint density at radius 1 is 1.06 bits per heavy atom. The Kier molecular flexibility index (Phi) is 7.97. The molecule has 2 aliphatic rings. The fraction of sp³-hybridized carbons (Fsp3) is 0.462. The molecule has 0 spiro atoms. The molecule has 3 heterocycles. The van der Waals surface area contributed by atoms with E-state index in [-0.39, 0.29) is 40.3 Å². The summed E-state index contributed by atoms with van der Waals surface area (Å²) in [6, 6.07) is 9.47. The summed E-state index contributed by atoms with van der Waals surface area (Å²) in [5.41, 5.74) is 0.476. The number of hydrogen-bond donors (Lipinski definition) is 2. The van der Waals surface area contributed by atoms with Gasteiger partial charge in [0.25, 0.3) is 5.91 Å². The topological polar surface area (TPSA) is 112 Å². The van der Waals surface area contributed by atoms with Gasteiger partial charge in [0.1, 0.15) is 5.76 Å². The Morgan fingerprint density at radius 3 is 2.31 bits per heavy atom. The number of piperidine rings is 1. The molecular formula is C26H34N4O5S. The van der Waals surface area contributed by atoms with Crippen LogP contribution in [0.3, 0.4) is 0 Å². The monoisotopic (exact) mass is 514 g/mol. The van der Waals surface area contributed by atoms with Crippen LogP contribution in [0.15, 0.2) is 58.4 Å². The summed E-state index contributed by atoms with van der Waals surface area (Å²) in [5.74, 6) is 0.203. The average Bonchev–Trinajstić information content (AvgIpc) is 3.54. The SMILES string of the molecule is C=CC(=O)NC1C(C)CN(S(=O)(=O)c2ccc(NC(=O)c3ccc(CN4CCCC4)o3)cc2)CC1C. The molecule has 2 aromatic rings. The van der Waals surface area contributed by atoms with Crippen LogP contribution in [0, 0.1) is 11.8 Å². The molecule has 1 aromatic heterocycles. The van der Waals surface area contributed by atoms with Crippen molar-refractivity contribution < 1.29 is 22.4 Å². The van der Waals surface area contributed by atoms with Crippen LogP contribution in [-0.2, 0) is 21.4 Å². The second-order valence-electron chi connectivity index (χ2n) is 9.74. The number of nitrogens with zero attached hydrogens (tertiary/aromatic N) is 2. The zero-order valence-corrected chi connectivity index (χ0v) is 21.6. The number of anilines is 1. The number of carbonyl (C=O) groups excluding carboxylic acids is 2. The van der Waals surface area contributed by atoms with E-state index in [1.165, 1.54) is 35.4 Å². The predicted octanol–water partition coefficient (Wildman–Crippen LogP) is 3.08. The molecule has 2 amide bonds. The van der Waals surface area contributed by atoms with E-state index >= 15 is 0 Å². The highest BCUT2D eigenvalue weighted by atomic mass is 32.2. The first-order valence-electron chi connectivity index (χ1n) is 12.3. The van der Waals surface area contributed by atoms with Crippen LogP contribution in [0.2, 0.25) is 0 Å². The minimum absolute atomic E-state index is 0.0605. The Hall–Kier alpha value is -2.95. The Balaban J connectivity index is 1.37. The molecular weight excluding hydrogens is 480 g/mol. The Labute approximate surface area is 212 Å². The fourth-order valence-electron chi connectivity index (χ4n) is 5.01. The minimum atomic E-state index is -3.73. The number of carbonyl (C=O) groups is 2. The van der Waals surface area contributed by atoms with Gasteiger partial charge < -0.3 is 15.1 Å². The number of sulfonamides is 1. The smallest absolute Gasteiger partial charge is 0.291 e. The number of benzene rings is 1. The normalized spacial score (nSPS) is 23.3. The van der Waals surface area contributed by atoms with Crippen molar-refractivity contribution in [2.75, 3.05) is 31.5 Å². The van der Waals surface area contributed by atoms with Gasteiger partial charge in [0.05, 0.1) is 11.4 Å². The van der Waals surface area contributed by atoms with Crippen molar-refractivity contribution in [1.29, 1.82) is 0 Å². The first-order valence-corrected chi connectivity index (χ1v) is 13.8. The van der Waals surface area contributed by atoms with E-state index in [1.807, 2.05) is 19.9 Å². The highest BCUT2D eigenvalue weighted by Crippen LogP contribution is 2.28. The molecule has 0 aliphatic carbocycles. The van der Waals surface area contributed by atoms with Crippen molar-refractivity contribution in [2.24, 2.45) is 11.8 Å². The maximum absolute atomic E-state index is 13.3. The van der Waals surface area contributed by atoms with Crippen molar-refractivity contribution in [3.63, 3.8) is 0 Å². The quantitative estimate of drug-likeness (QED) is 0.524. The lowest BCUT2D eigenvalue weighted by molar-refractivity contribution is -0.118. The van der Waals surface area contributed by atoms with Gasteiger partial charge in [-0.2, -0.15) is 4.31 Å². The number of amides is 2. The van der Waals surface area contributed by atoms with E-state index in [0.29, 0.717) is 25.3 Å². The zero-order valence-electron chi connectivity index (χ0n) is 20.8. The van der Waals surface area contributed by atoms with Crippen molar-refractivity contribution in [3.05, 3.63) is 60.6 Å². The predicted molar refractivity (Wildman–Crippen MR) is 137 cm³/mol. The van der Waals surface area contributed by atoms with E-state index in [2.05, 4.69) is 22.1 Å². The summed E-state index contributed by atoms with van der Waals surface area (Å²) in [7, 11) is -3.73. The third-order valence-corrected chi connectivity index (χ3v) is 8.76. The molecule has 0 radical (unpaired) electrons. The van der Waals surface area contributed by atoms with Gasteiger partial charge in [-0.3, -0.25) is 14.5 Å². The molecule has 9 nitrogen and oxygen atoms in total. The van der Waals surface area contributed by atoms with Crippen LogP contribution in [-0.4, -0.2) is 61.7 Å². The van der Waals surface area contributed by atoms with Crippen LogP contribution in [0.5, 0.6) is 0 Å². The molecule has 1 aromatic carbocycles. The molecule has 36 heavy (non-hydrogen) atoms. The lowest BCUT2D eigenvalue weighted by atomic mass is 9.87. The van der Waals surface area contributed by atoms with Gasteiger partial charge in [-0.05, 0) is 80.2 Å². The Morgan fingerprint density at radius 2 is 1.69 bits per heavy atom. The lowest BCUT2D eigenvalue weighted by Crippen LogP contribution is -2.55. The highest BCUT2D eigenvalue weighted by Gasteiger charge is 2.38. The first-order chi connectivity index (χ1) is 17.2. The second kappa shape index (κ2) is 11.0. The summed E-state index contributed by atoms with van der Waals surface area (Å²) in [4.78, 5) is 26.8. The Bertz CT molecular complexity index is 1190. The molecule has 0 saturated carbocycles. The van der Waals surface area contributed by atoms with Crippen molar-refractivity contribution in [1.82, 2.24) is 14.5 Å². The van der Waals surface area contributed by atoms with Gasteiger partial charge in [-0.1, -0.05) is 20.4 Å². The largest absolute Gasteiger partial charge is 0.455 e. The second-order valence-corrected chi connectivity index (χ2v) is 11.7. The molecule has 2 saturated heterocycles. The summed E-state index contributed by atoms with van der Waals surface area (Å²) in [6.45, 7) is 10.7. The maximum Gasteiger partial charge on any atom is 0.291 e. The zero-order chi connectivity index (χ0) is 25.9. The van der Waals surface area contributed by atoms with Crippen LogP contribution < -0.4 is 10.6 Å². The lowest BCUT2D eigenvalue weighted by Gasteiger charge is -2.40. The number of furan rings is 1. The molecule has 2 N–H and O–H groups in total. The summed E-state index contributed by atoms with van der Waals surface area (Å²) < 4.78 is 33.7. The maximum atomic E-state index is 13.3. The number of hydrogen-bond acceptors (Lipinski definition) is 6. The third kappa shape index (κ3) is 5.88. The molecule has 10 heteroatoms. The molecule has 2 aliphatic heterocycles. The van der Waals surface area contributed by atoms with Crippen LogP contribution in [0.25, 0.3) is 0 Å². The average molecular weight is 515 g/mol. The van der Waals surface area contributed by atoms with Gasteiger partial charge in [-0.15, -0.1) is 0 Å². The standard InChI is InChI=1S/C26H34N4O5S/c1-4-24(31)28-25-18(2)15-30(16-19(25)3)36(33,34)22-10-7-20(8-11-22)27-26(32)23-12-9-21(35-23)17-29-13-5-6-14-29/h4,7-12,18-19,25H,1,5-6,13-17H2,2-3H3,(H,27,32)(H,28,31). The van der Waals surface area contributed by atoms with E-state index in [1.54, 1.807) is 18.2 Å². The van der Waals surface area contributed by atoms with Gasteiger partial charge >= 0.3 is 0 Å². The van der Waals surface area contributed by atoms with Crippen molar-refractivity contribution >= 4 is 27.5 Å². The first kappa shape index (κ1) is 26.1. The summed E-state index contributed by atoms with van der Waals surface area (Å²) in [5, 5.41) is 5.67. The van der Waals surface area contributed by atoms with E-state index < -0.39 is 10.0 Å². The van der Waals surface area contributed by atoms with E-state index in [0.717, 1.165) is 18.8 Å². The van der Waals surface area contributed by atoms with Gasteiger partial charge in [-0.25, -0.2) is 8.42 Å². The minimum Gasteiger partial charge on any atom is -0.455 e. The summed E-state index contributed by atoms with van der Waals surface area (Å²) in [6.07, 6.45) is 3.59. The summed E-state index contributed by atoms with van der Waals surface area (Å²) >= 11 is 0.